The fraction of sp³-hybridized carbons (Fsp3) is 0.692. The first-order valence-electron chi connectivity index (χ1n) is 6.39. The van der Waals surface area contributed by atoms with Gasteiger partial charge in [0.05, 0.1) is 4.34 Å². The molecule has 0 spiro atoms. The second-order valence-electron chi connectivity index (χ2n) is 4.94. The minimum absolute atomic E-state index is 0.394. The Kier molecular flexibility index (Phi) is 4.86. The summed E-state index contributed by atoms with van der Waals surface area (Å²) in [5, 5.41) is 3.65. The van der Waals surface area contributed by atoms with Crippen molar-refractivity contribution in [2.75, 3.05) is 19.6 Å². The van der Waals surface area contributed by atoms with Gasteiger partial charge in [-0.05, 0) is 51.9 Å². The number of rotatable bonds is 5. The van der Waals surface area contributed by atoms with E-state index in [9.17, 15) is 0 Å². The van der Waals surface area contributed by atoms with Crippen LogP contribution in [0.15, 0.2) is 12.1 Å². The number of hydrogen-bond acceptors (Lipinski definition) is 3. The van der Waals surface area contributed by atoms with E-state index in [-0.39, 0.29) is 0 Å². The van der Waals surface area contributed by atoms with Crippen LogP contribution in [0.2, 0.25) is 4.34 Å². The summed E-state index contributed by atoms with van der Waals surface area (Å²) in [5.74, 6) is 0. The number of nitrogens with one attached hydrogen (secondary N) is 1. The molecule has 2 rings (SSSR count). The molecule has 2 nitrogen and oxygen atoms in total. The van der Waals surface area contributed by atoms with Crippen LogP contribution in [0.25, 0.3) is 0 Å². The van der Waals surface area contributed by atoms with Gasteiger partial charge in [0.2, 0.25) is 0 Å². The number of nitrogens with zero attached hydrogens (tertiary/aromatic N) is 1. The first kappa shape index (κ1) is 13.3. The summed E-state index contributed by atoms with van der Waals surface area (Å²) < 4.78 is 0.876. The summed E-state index contributed by atoms with van der Waals surface area (Å²) >= 11 is 7.63. The fourth-order valence-electron chi connectivity index (χ4n) is 2.48. The van der Waals surface area contributed by atoms with E-state index in [0.717, 1.165) is 10.9 Å². The maximum absolute atomic E-state index is 5.96. The van der Waals surface area contributed by atoms with E-state index in [2.05, 4.69) is 30.1 Å². The molecule has 2 atom stereocenters. The van der Waals surface area contributed by atoms with Crippen LogP contribution in [0.5, 0.6) is 0 Å². The van der Waals surface area contributed by atoms with Crippen molar-refractivity contribution in [3.63, 3.8) is 0 Å². The average Bonchev–Trinajstić information content (AvgIpc) is 2.89. The van der Waals surface area contributed by atoms with E-state index in [1.54, 1.807) is 11.3 Å². The summed E-state index contributed by atoms with van der Waals surface area (Å²) in [7, 11) is 0. The summed E-state index contributed by atoms with van der Waals surface area (Å²) in [4.78, 5) is 3.87. The monoisotopic (exact) mass is 272 g/mol. The highest BCUT2D eigenvalue weighted by molar-refractivity contribution is 7.16. The molecule has 0 aromatic carbocycles. The maximum atomic E-state index is 5.96. The molecule has 2 heterocycles. The van der Waals surface area contributed by atoms with Gasteiger partial charge in [-0.15, -0.1) is 11.3 Å². The molecule has 0 amide bonds. The van der Waals surface area contributed by atoms with Crippen molar-refractivity contribution in [2.45, 2.75) is 38.8 Å². The Morgan fingerprint density at radius 3 is 2.65 bits per heavy atom. The normalized spacial score (nSPS) is 20.6. The predicted octanol–water partition coefficient (Wildman–Crippen LogP) is 3.54. The van der Waals surface area contributed by atoms with Crippen LogP contribution in [0.4, 0.5) is 0 Å². The van der Waals surface area contributed by atoms with Crippen molar-refractivity contribution in [1.29, 1.82) is 0 Å². The van der Waals surface area contributed by atoms with Gasteiger partial charge in [-0.2, -0.15) is 0 Å². The lowest BCUT2D eigenvalue weighted by Crippen LogP contribution is -2.38. The van der Waals surface area contributed by atoms with Crippen molar-refractivity contribution in [3.8, 4) is 0 Å². The molecule has 0 bridgehead atoms. The first-order valence-corrected chi connectivity index (χ1v) is 7.58. The Morgan fingerprint density at radius 1 is 1.35 bits per heavy atom. The quantitative estimate of drug-likeness (QED) is 0.882. The Morgan fingerprint density at radius 2 is 2.06 bits per heavy atom. The molecule has 0 saturated carbocycles. The molecular formula is C13H21ClN2S. The van der Waals surface area contributed by atoms with E-state index in [4.69, 9.17) is 11.6 Å². The molecule has 4 heteroatoms. The van der Waals surface area contributed by atoms with E-state index in [1.807, 2.05) is 6.07 Å². The summed E-state index contributed by atoms with van der Waals surface area (Å²) in [6.07, 6.45) is 2.73. The van der Waals surface area contributed by atoms with Crippen molar-refractivity contribution < 1.29 is 0 Å². The van der Waals surface area contributed by atoms with Crippen LogP contribution in [0.1, 0.15) is 37.6 Å². The van der Waals surface area contributed by atoms with Gasteiger partial charge >= 0.3 is 0 Å². The summed E-state index contributed by atoms with van der Waals surface area (Å²) in [5.41, 5.74) is 0. The van der Waals surface area contributed by atoms with Gasteiger partial charge in [-0.25, -0.2) is 0 Å². The number of hydrogen-bond donors (Lipinski definition) is 1. The van der Waals surface area contributed by atoms with Crippen molar-refractivity contribution in [3.05, 3.63) is 21.3 Å². The smallest absolute Gasteiger partial charge is 0.0931 e. The molecule has 1 aromatic rings. The molecular weight excluding hydrogens is 252 g/mol. The molecule has 1 aliphatic rings. The third-order valence-electron chi connectivity index (χ3n) is 3.29. The highest BCUT2D eigenvalue weighted by Crippen LogP contribution is 2.26. The Hall–Kier alpha value is -0.0900. The molecule has 1 aliphatic heterocycles. The fourth-order valence-corrected chi connectivity index (χ4v) is 3.55. The molecule has 96 valence electrons. The number of halogens is 1. The molecule has 17 heavy (non-hydrogen) atoms. The topological polar surface area (TPSA) is 15.3 Å². The van der Waals surface area contributed by atoms with E-state index >= 15 is 0 Å². The number of thiophene rings is 1. The van der Waals surface area contributed by atoms with Crippen LogP contribution in [-0.4, -0.2) is 30.6 Å². The zero-order valence-corrected chi connectivity index (χ0v) is 12.2. The van der Waals surface area contributed by atoms with Gasteiger partial charge < -0.3 is 10.2 Å². The van der Waals surface area contributed by atoms with E-state index in [0.29, 0.717) is 12.1 Å². The number of likely N-dealkylation sites (tertiary alicyclic amines) is 1. The lowest BCUT2D eigenvalue weighted by atomic mass is 10.2. The van der Waals surface area contributed by atoms with Crippen LogP contribution >= 0.6 is 22.9 Å². The minimum Gasteiger partial charge on any atom is -0.306 e. The van der Waals surface area contributed by atoms with Gasteiger partial charge in [-0.3, -0.25) is 0 Å². The Bertz CT molecular complexity index is 347. The van der Waals surface area contributed by atoms with Gasteiger partial charge in [0.15, 0.2) is 0 Å². The summed E-state index contributed by atoms with van der Waals surface area (Å²) in [6.45, 7) is 8.17. The zero-order valence-electron chi connectivity index (χ0n) is 10.6. The molecule has 1 saturated heterocycles. The molecule has 0 radical (unpaired) electrons. The van der Waals surface area contributed by atoms with E-state index < -0.39 is 0 Å². The molecule has 2 unspecified atom stereocenters. The molecule has 1 N–H and O–H groups in total. The van der Waals surface area contributed by atoms with Gasteiger partial charge in [0.25, 0.3) is 0 Å². The van der Waals surface area contributed by atoms with E-state index in [1.165, 1.54) is 30.8 Å². The Labute approximate surface area is 113 Å². The standard InChI is InChI=1S/C13H21ClN2S/c1-10(9-16-7-3-4-8-16)15-11(2)12-5-6-13(14)17-12/h5-6,10-11,15H,3-4,7-9H2,1-2H3. The van der Waals surface area contributed by atoms with Crippen LogP contribution in [0, 0.1) is 0 Å². The van der Waals surface area contributed by atoms with Crippen LogP contribution < -0.4 is 5.32 Å². The lowest BCUT2D eigenvalue weighted by Gasteiger charge is -2.24. The minimum atomic E-state index is 0.394. The first-order chi connectivity index (χ1) is 8.15. The van der Waals surface area contributed by atoms with Crippen molar-refractivity contribution in [1.82, 2.24) is 10.2 Å². The van der Waals surface area contributed by atoms with Crippen molar-refractivity contribution >= 4 is 22.9 Å². The second kappa shape index (κ2) is 6.19. The average molecular weight is 273 g/mol. The largest absolute Gasteiger partial charge is 0.306 e. The zero-order chi connectivity index (χ0) is 12.3. The lowest BCUT2D eigenvalue weighted by molar-refractivity contribution is 0.290. The predicted molar refractivity (Wildman–Crippen MR) is 76.0 cm³/mol. The second-order valence-corrected chi connectivity index (χ2v) is 6.69. The molecule has 1 aromatic heterocycles. The highest BCUT2D eigenvalue weighted by atomic mass is 35.5. The maximum Gasteiger partial charge on any atom is 0.0931 e. The summed E-state index contributed by atoms with van der Waals surface area (Å²) in [6, 6.07) is 5.02. The molecule has 1 fully saturated rings. The van der Waals surface area contributed by atoms with Crippen molar-refractivity contribution in [2.24, 2.45) is 0 Å². The van der Waals surface area contributed by atoms with Crippen LogP contribution in [0.3, 0.4) is 0 Å². The SMILES string of the molecule is CC(CN1CCCC1)NC(C)c1ccc(Cl)s1. The third kappa shape index (κ3) is 3.95. The van der Waals surface area contributed by atoms with Gasteiger partial charge in [0, 0.05) is 23.5 Å². The van der Waals surface area contributed by atoms with Crippen LogP contribution in [-0.2, 0) is 0 Å². The van der Waals surface area contributed by atoms with Gasteiger partial charge in [0.1, 0.15) is 0 Å². The Balaban J connectivity index is 1.79. The van der Waals surface area contributed by atoms with Gasteiger partial charge in [-0.1, -0.05) is 11.6 Å². The highest BCUT2D eigenvalue weighted by Gasteiger charge is 2.16. The third-order valence-corrected chi connectivity index (χ3v) is 4.70. The molecule has 0 aliphatic carbocycles.